The average molecular weight is 428 g/mol. The predicted molar refractivity (Wildman–Crippen MR) is 126 cm³/mol. The summed E-state index contributed by atoms with van der Waals surface area (Å²) in [5.41, 5.74) is 5.58. The fourth-order valence-electron chi connectivity index (χ4n) is 5.00. The van der Waals surface area contributed by atoms with Crippen molar-refractivity contribution in [1.82, 2.24) is 0 Å². The Labute approximate surface area is 186 Å². The summed E-state index contributed by atoms with van der Waals surface area (Å²) in [4.78, 5) is 27.7. The van der Waals surface area contributed by atoms with Gasteiger partial charge in [0.2, 0.25) is 0 Å². The molecule has 0 bridgehead atoms. The molecule has 1 aromatic carbocycles. The van der Waals surface area contributed by atoms with Crippen molar-refractivity contribution in [3.8, 4) is 0 Å². The molecule has 0 aromatic heterocycles. The summed E-state index contributed by atoms with van der Waals surface area (Å²) in [6.07, 6.45) is 9.90. The fraction of sp³-hybridized carbons (Fsp3) is 0.538. The van der Waals surface area contributed by atoms with Gasteiger partial charge in [-0.3, -0.25) is 9.59 Å². The second-order valence-corrected chi connectivity index (χ2v) is 9.59. The Morgan fingerprint density at radius 3 is 2.50 bits per heavy atom. The zero-order chi connectivity index (χ0) is 21.8. The number of allylic oxidation sites excluding steroid dienone is 4. The Hall–Kier alpha value is -1.87. The highest BCUT2D eigenvalue weighted by Crippen LogP contribution is 2.32. The molecule has 30 heavy (non-hydrogen) atoms. The first kappa shape index (κ1) is 22.8. The van der Waals surface area contributed by atoms with E-state index in [1.165, 1.54) is 32.1 Å². The zero-order valence-corrected chi connectivity index (χ0v) is 19.6. The second-order valence-electron chi connectivity index (χ2n) is 9.16. The van der Waals surface area contributed by atoms with Gasteiger partial charge in [0.05, 0.1) is 0 Å². The zero-order valence-electron chi connectivity index (χ0n) is 18.8. The van der Waals surface area contributed by atoms with E-state index in [9.17, 15) is 9.59 Å². The number of rotatable bonds is 7. The molecule has 0 atom stereocenters. The molecule has 1 aromatic rings. The summed E-state index contributed by atoms with van der Waals surface area (Å²) in [6, 6.07) is 3.76. The highest BCUT2D eigenvalue weighted by molar-refractivity contribution is 6.31. The van der Waals surface area contributed by atoms with Gasteiger partial charge in [0, 0.05) is 42.7 Å². The highest BCUT2D eigenvalue weighted by atomic mass is 35.5. The molecule has 0 saturated heterocycles. The first-order chi connectivity index (χ1) is 14.3. The van der Waals surface area contributed by atoms with Crippen molar-refractivity contribution in [3.63, 3.8) is 0 Å². The minimum atomic E-state index is 0.0571. The number of nitrogens with zero attached hydrogens (tertiary/aromatic N) is 1. The third-order valence-corrected chi connectivity index (χ3v) is 6.85. The molecule has 0 radical (unpaired) electrons. The third-order valence-electron chi connectivity index (χ3n) is 6.63. The number of anilines is 1. The van der Waals surface area contributed by atoms with Gasteiger partial charge in [0.15, 0.2) is 11.6 Å². The number of Topliss-reactive ketones (excluding diaryl/α,β-unsaturated/α-hetero) is 2. The summed E-state index contributed by atoms with van der Waals surface area (Å²) in [6.45, 7) is 6.95. The summed E-state index contributed by atoms with van der Waals surface area (Å²) in [5, 5.41) is 0.595. The number of ketones is 2. The number of carbonyl (C=O) groups excluding carboxylic acids is 2. The van der Waals surface area contributed by atoms with E-state index in [2.05, 4.69) is 18.0 Å². The van der Waals surface area contributed by atoms with E-state index in [0.717, 1.165) is 34.5 Å². The van der Waals surface area contributed by atoms with Crippen molar-refractivity contribution >= 4 is 28.9 Å². The van der Waals surface area contributed by atoms with Crippen LogP contribution in [0.15, 0.2) is 34.9 Å². The van der Waals surface area contributed by atoms with Gasteiger partial charge in [-0.15, -0.1) is 0 Å². The topological polar surface area (TPSA) is 37.4 Å². The second kappa shape index (κ2) is 9.96. The Kier molecular flexibility index (Phi) is 7.57. The summed E-state index contributed by atoms with van der Waals surface area (Å²) in [5.74, 6) is 0.919. The quantitative estimate of drug-likeness (QED) is 0.446. The van der Waals surface area contributed by atoms with Crippen LogP contribution in [-0.4, -0.2) is 25.2 Å². The number of carbonyl (C=O) groups is 2. The predicted octanol–water partition coefficient (Wildman–Crippen LogP) is 6.86. The van der Waals surface area contributed by atoms with Crippen LogP contribution in [0.1, 0.15) is 81.1 Å². The maximum atomic E-state index is 13.1. The molecule has 1 fully saturated rings. The Morgan fingerprint density at radius 2 is 1.83 bits per heavy atom. The number of benzene rings is 1. The van der Waals surface area contributed by atoms with E-state index in [1.807, 2.05) is 26.8 Å². The van der Waals surface area contributed by atoms with E-state index in [-0.39, 0.29) is 11.6 Å². The molecule has 0 spiro atoms. The van der Waals surface area contributed by atoms with Crippen LogP contribution in [0.4, 0.5) is 5.69 Å². The van der Waals surface area contributed by atoms with Gasteiger partial charge in [-0.2, -0.15) is 0 Å². The van der Waals surface area contributed by atoms with E-state index >= 15 is 0 Å². The van der Waals surface area contributed by atoms with Crippen LogP contribution < -0.4 is 4.90 Å². The Morgan fingerprint density at radius 1 is 1.13 bits per heavy atom. The molecule has 0 N–H and O–H groups in total. The van der Waals surface area contributed by atoms with Crippen LogP contribution in [0.25, 0.3) is 0 Å². The molecular weight excluding hydrogens is 394 g/mol. The maximum Gasteiger partial charge on any atom is 0.163 e. The first-order valence-electron chi connectivity index (χ1n) is 11.2. The minimum absolute atomic E-state index is 0.0571. The molecule has 2 aliphatic rings. The normalized spacial score (nSPS) is 17.9. The SMILES string of the molecule is CC1=CC(C)=C(CCC(=O)c2cc(Cl)cc(N(C)CC3CCCCC3)c2C)C(=O)C1. The average Bonchev–Trinajstić information content (AvgIpc) is 2.69. The van der Waals surface area contributed by atoms with Gasteiger partial charge >= 0.3 is 0 Å². The number of hydrogen-bond donors (Lipinski definition) is 0. The molecular formula is C26H34ClNO2. The van der Waals surface area contributed by atoms with Gasteiger partial charge in [-0.05, 0) is 74.8 Å². The molecule has 0 unspecified atom stereocenters. The molecule has 0 heterocycles. The van der Waals surface area contributed by atoms with Gasteiger partial charge in [-0.25, -0.2) is 0 Å². The molecule has 4 heteroatoms. The van der Waals surface area contributed by atoms with Crippen LogP contribution in [0, 0.1) is 12.8 Å². The molecule has 3 rings (SSSR count). The number of halogens is 1. The van der Waals surface area contributed by atoms with Gasteiger partial charge < -0.3 is 4.90 Å². The van der Waals surface area contributed by atoms with Gasteiger partial charge in [-0.1, -0.05) is 42.5 Å². The lowest BCUT2D eigenvalue weighted by Gasteiger charge is -2.30. The summed E-state index contributed by atoms with van der Waals surface area (Å²) < 4.78 is 0. The highest BCUT2D eigenvalue weighted by Gasteiger charge is 2.22. The lowest BCUT2D eigenvalue weighted by molar-refractivity contribution is -0.115. The molecule has 0 aliphatic heterocycles. The smallest absolute Gasteiger partial charge is 0.163 e. The fourth-order valence-corrected chi connectivity index (χ4v) is 5.22. The minimum Gasteiger partial charge on any atom is -0.374 e. The van der Waals surface area contributed by atoms with Crippen molar-refractivity contribution in [2.75, 3.05) is 18.5 Å². The maximum absolute atomic E-state index is 13.1. The first-order valence-corrected chi connectivity index (χ1v) is 11.6. The molecule has 3 nitrogen and oxygen atoms in total. The van der Waals surface area contributed by atoms with Crippen molar-refractivity contribution in [1.29, 1.82) is 0 Å². The standard InChI is InChI=1S/C26H34ClNO2/c1-17-12-18(2)22(26(30)13-17)10-11-25(29)23-14-21(27)15-24(19(23)3)28(4)16-20-8-6-5-7-9-20/h12,14-15,20H,5-11,13,16H2,1-4H3. The van der Waals surface area contributed by atoms with Crippen LogP contribution in [0.5, 0.6) is 0 Å². The van der Waals surface area contributed by atoms with Crippen LogP contribution in [0.2, 0.25) is 5.02 Å². The largest absolute Gasteiger partial charge is 0.374 e. The van der Waals surface area contributed by atoms with E-state index < -0.39 is 0 Å². The van der Waals surface area contributed by atoms with Crippen LogP contribution in [-0.2, 0) is 4.79 Å². The van der Waals surface area contributed by atoms with Crippen LogP contribution >= 0.6 is 11.6 Å². The monoisotopic (exact) mass is 427 g/mol. The Bertz CT molecular complexity index is 891. The van der Waals surface area contributed by atoms with Crippen LogP contribution in [0.3, 0.4) is 0 Å². The summed E-state index contributed by atoms with van der Waals surface area (Å²) in [7, 11) is 2.10. The van der Waals surface area contributed by atoms with Crippen molar-refractivity contribution in [3.05, 3.63) is 51.1 Å². The lowest BCUT2D eigenvalue weighted by atomic mass is 9.88. The van der Waals surface area contributed by atoms with E-state index in [0.29, 0.717) is 35.8 Å². The van der Waals surface area contributed by atoms with Crippen molar-refractivity contribution < 1.29 is 9.59 Å². The van der Waals surface area contributed by atoms with E-state index in [4.69, 9.17) is 11.6 Å². The molecule has 1 saturated carbocycles. The Balaban J connectivity index is 1.74. The van der Waals surface area contributed by atoms with Gasteiger partial charge in [0.25, 0.3) is 0 Å². The van der Waals surface area contributed by atoms with Gasteiger partial charge in [0.1, 0.15) is 0 Å². The molecule has 162 valence electrons. The van der Waals surface area contributed by atoms with Crippen molar-refractivity contribution in [2.24, 2.45) is 5.92 Å². The van der Waals surface area contributed by atoms with E-state index in [1.54, 1.807) is 6.07 Å². The molecule has 2 aliphatic carbocycles. The third kappa shape index (κ3) is 5.43. The number of hydrogen-bond acceptors (Lipinski definition) is 3. The summed E-state index contributed by atoms with van der Waals surface area (Å²) >= 11 is 6.41. The lowest BCUT2D eigenvalue weighted by Crippen LogP contribution is -2.27. The van der Waals surface area contributed by atoms with Crippen molar-refractivity contribution in [2.45, 2.75) is 72.1 Å². The molecule has 0 amide bonds.